The van der Waals surface area contributed by atoms with Crippen molar-refractivity contribution in [3.05, 3.63) is 29.8 Å². The molecule has 0 saturated carbocycles. The van der Waals surface area contributed by atoms with Crippen molar-refractivity contribution < 1.29 is 4.79 Å². The normalized spacial score (nSPS) is 18.9. The number of carbonyl (C=O) groups is 1. The van der Waals surface area contributed by atoms with Crippen LogP contribution in [0.4, 0.5) is 5.69 Å². The van der Waals surface area contributed by atoms with Crippen LogP contribution in [-0.4, -0.2) is 36.5 Å². The molecule has 1 fully saturated rings. The molecule has 1 aromatic carbocycles. The lowest BCUT2D eigenvalue weighted by Crippen LogP contribution is -2.33. The third-order valence-corrected chi connectivity index (χ3v) is 3.32. The molecule has 3 N–H and O–H groups in total. The Bertz CT molecular complexity index is 408. The molecule has 1 heterocycles. The highest BCUT2D eigenvalue weighted by Crippen LogP contribution is 2.11. The van der Waals surface area contributed by atoms with Crippen LogP contribution in [0.15, 0.2) is 24.3 Å². The van der Waals surface area contributed by atoms with Crippen LogP contribution in [0.5, 0.6) is 0 Å². The van der Waals surface area contributed by atoms with Crippen molar-refractivity contribution in [1.29, 1.82) is 0 Å². The van der Waals surface area contributed by atoms with E-state index in [9.17, 15) is 4.79 Å². The Morgan fingerprint density at radius 3 is 2.63 bits per heavy atom. The smallest absolute Gasteiger partial charge is 0.238 e. The number of amides is 1. The largest absolute Gasteiger partial charge is 0.326 e. The molecule has 1 aromatic rings. The van der Waals surface area contributed by atoms with E-state index < -0.39 is 0 Å². The van der Waals surface area contributed by atoms with Gasteiger partial charge in [0.1, 0.15) is 0 Å². The molecule has 0 aromatic heterocycles. The second-order valence-electron chi connectivity index (χ2n) is 4.88. The number of hydrogen-bond donors (Lipinski definition) is 2. The maximum Gasteiger partial charge on any atom is 0.238 e. The number of halogens is 1. The minimum atomic E-state index is 0. The third kappa shape index (κ3) is 4.82. The van der Waals surface area contributed by atoms with Gasteiger partial charge < -0.3 is 11.1 Å². The summed E-state index contributed by atoms with van der Waals surface area (Å²) in [5.41, 5.74) is 7.95. The van der Waals surface area contributed by atoms with Crippen molar-refractivity contribution in [2.45, 2.75) is 25.8 Å². The van der Waals surface area contributed by atoms with E-state index in [0.717, 1.165) is 31.6 Å². The van der Waals surface area contributed by atoms with Gasteiger partial charge in [-0.3, -0.25) is 9.69 Å². The number of rotatable bonds is 4. The van der Waals surface area contributed by atoms with Crippen LogP contribution >= 0.6 is 12.4 Å². The van der Waals surface area contributed by atoms with Crippen molar-refractivity contribution in [2.75, 3.05) is 25.0 Å². The van der Waals surface area contributed by atoms with Crippen LogP contribution in [0.1, 0.15) is 18.9 Å². The molecule has 5 heteroatoms. The van der Waals surface area contributed by atoms with E-state index in [0.29, 0.717) is 6.54 Å². The quantitative estimate of drug-likeness (QED) is 0.883. The topological polar surface area (TPSA) is 58.4 Å². The van der Waals surface area contributed by atoms with E-state index in [1.165, 1.54) is 5.56 Å². The summed E-state index contributed by atoms with van der Waals surface area (Å²) in [6.45, 7) is 4.29. The van der Waals surface area contributed by atoms with E-state index in [1.807, 2.05) is 24.3 Å². The molecule has 4 nitrogen and oxygen atoms in total. The fraction of sp³-hybridized carbons (Fsp3) is 0.500. The molecule has 1 aliphatic heterocycles. The minimum Gasteiger partial charge on any atom is -0.326 e. The van der Waals surface area contributed by atoms with E-state index >= 15 is 0 Å². The fourth-order valence-electron chi connectivity index (χ4n) is 2.23. The molecule has 106 valence electrons. The fourth-order valence-corrected chi connectivity index (χ4v) is 2.23. The highest BCUT2D eigenvalue weighted by molar-refractivity contribution is 5.92. The predicted molar refractivity (Wildman–Crippen MR) is 80.7 cm³/mol. The van der Waals surface area contributed by atoms with Crippen molar-refractivity contribution in [3.63, 3.8) is 0 Å². The van der Waals surface area contributed by atoms with Crippen LogP contribution in [0, 0.1) is 0 Å². The highest BCUT2D eigenvalue weighted by atomic mass is 35.5. The Kier molecular flexibility index (Phi) is 6.28. The lowest BCUT2D eigenvalue weighted by Gasteiger charge is -2.14. The summed E-state index contributed by atoms with van der Waals surface area (Å²) in [6, 6.07) is 8.21. The number of hydrogen-bond acceptors (Lipinski definition) is 3. The summed E-state index contributed by atoms with van der Waals surface area (Å²) in [6.07, 6.45) is 2.00. The molecule has 1 amide bonds. The number of anilines is 1. The Balaban J connectivity index is 0.00000180. The zero-order valence-corrected chi connectivity index (χ0v) is 12.1. The van der Waals surface area contributed by atoms with Crippen molar-refractivity contribution in [3.8, 4) is 0 Å². The lowest BCUT2D eigenvalue weighted by atomic mass is 10.1. The molecule has 0 radical (unpaired) electrons. The zero-order chi connectivity index (χ0) is 13.0. The molecule has 1 saturated heterocycles. The van der Waals surface area contributed by atoms with Gasteiger partial charge in [-0.1, -0.05) is 19.1 Å². The molecule has 0 spiro atoms. The standard InChI is InChI=1S/C14H21N3O.ClH/c1-2-11-3-5-13(6-4-11)16-14(18)10-17-8-7-12(15)9-17;/h3-6,12H,2,7-10,15H2,1H3,(H,16,18);1H. The first-order valence-electron chi connectivity index (χ1n) is 6.54. The Morgan fingerprint density at radius 1 is 1.42 bits per heavy atom. The van der Waals surface area contributed by atoms with Gasteiger partial charge in [0.2, 0.25) is 5.91 Å². The summed E-state index contributed by atoms with van der Waals surface area (Å²) >= 11 is 0. The first-order chi connectivity index (χ1) is 8.67. The van der Waals surface area contributed by atoms with Gasteiger partial charge in [-0.05, 0) is 30.5 Å². The molecule has 0 aliphatic carbocycles. The van der Waals surface area contributed by atoms with E-state index in [-0.39, 0.29) is 24.4 Å². The predicted octanol–water partition coefficient (Wildman–Crippen LogP) is 1.64. The molecule has 1 unspecified atom stereocenters. The minimum absolute atomic E-state index is 0. The van der Waals surface area contributed by atoms with Crippen molar-refractivity contribution >= 4 is 24.0 Å². The molecule has 0 bridgehead atoms. The van der Waals surface area contributed by atoms with Crippen LogP contribution in [0.3, 0.4) is 0 Å². The molecular formula is C14H22ClN3O. The zero-order valence-electron chi connectivity index (χ0n) is 11.3. The molecule has 1 atom stereocenters. The van der Waals surface area contributed by atoms with E-state index in [2.05, 4.69) is 17.1 Å². The summed E-state index contributed by atoms with van der Waals surface area (Å²) in [5, 5.41) is 2.91. The van der Waals surface area contributed by atoms with Gasteiger partial charge in [-0.15, -0.1) is 12.4 Å². The molecule has 2 rings (SSSR count). The van der Waals surface area contributed by atoms with E-state index in [1.54, 1.807) is 0 Å². The van der Waals surface area contributed by atoms with Crippen molar-refractivity contribution in [2.24, 2.45) is 5.73 Å². The number of nitrogens with two attached hydrogens (primary N) is 1. The van der Waals surface area contributed by atoms with E-state index in [4.69, 9.17) is 5.73 Å². The van der Waals surface area contributed by atoms with Gasteiger partial charge in [-0.2, -0.15) is 0 Å². The second kappa shape index (κ2) is 7.48. The van der Waals surface area contributed by atoms with Gasteiger partial charge in [0.05, 0.1) is 6.54 Å². The number of nitrogens with zero attached hydrogens (tertiary/aromatic N) is 1. The summed E-state index contributed by atoms with van der Waals surface area (Å²) < 4.78 is 0. The Labute approximate surface area is 120 Å². The van der Waals surface area contributed by atoms with Crippen LogP contribution < -0.4 is 11.1 Å². The van der Waals surface area contributed by atoms with Gasteiger partial charge in [0.15, 0.2) is 0 Å². The van der Waals surface area contributed by atoms with Gasteiger partial charge in [-0.25, -0.2) is 0 Å². The Morgan fingerprint density at radius 2 is 2.11 bits per heavy atom. The van der Waals surface area contributed by atoms with Crippen molar-refractivity contribution in [1.82, 2.24) is 4.90 Å². The summed E-state index contributed by atoms with van der Waals surface area (Å²) in [5.74, 6) is 0.0355. The summed E-state index contributed by atoms with van der Waals surface area (Å²) in [4.78, 5) is 13.9. The third-order valence-electron chi connectivity index (χ3n) is 3.32. The van der Waals surface area contributed by atoms with Crippen LogP contribution in [0.2, 0.25) is 0 Å². The Hall–Kier alpha value is -1.10. The maximum atomic E-state index is 11.8. The number of benzene rings is 1. The SMILES string of the molecule is CCc1ccc(NC(=O)CN2CCC(N)C2)cc1.Cl. The first kappa shape index (κ1) is 16.0. The van der Waals surface area contributed by atoms with Gasteiger partial charge in [0.25, 0.3) is 0 Å². The summed E-state index contributed by atoms with van der Waals surface area (Å²) in [7, 11) is 0. The highest BCUT2D eigenvalue weighted by Gasteiger charge is 2.20. The van der Waals surface area contributed by atoms with Gasteiger partial charge in [0, 0.05) is 24.8 Å². The first-order valence-corrected chi connectivity index (χ1v) is 6.54. The average Bonchev–Trinajstić information content (AvgIpc) is 2.75. The van der Waals surface area contributed by atoms with Crippen LogP contribution in [0.25, 0.3) is 0 Å². The number of nitrogens with one attached hydrogen (secondary N) is 1. The number of carbonyl (C=O) groups excluding carboxylic acids is 1. The monoisotopic (exact) mass is 283 g/mol. The molecular weight excluding hydrogens is 262 g/mol. The molecule has 19 heavy (non-hydrogen) atoms. The number of likely N-dealkylation sites (tertiary alicyclic amines) is 1. The maximum absolute atomic E-state index is 11.8. The lowest BCUT2D eigenvalue weighted by molar-refractivity contribution is -0.117. The molecule has 1 aliphatic rings. The average molecular weight is 284 g/mol. The number of aryl methyl sites for hydroxylation is 1. The second-order valence-corrected chi connectivity index (χ2v) is 4.88. The van der Waals surface area contributed by atoms with Gasteiger partial charge >= 0.3 is 0 Å². The van der Waals surface area contributed by atoms with Crippen LogP contribution in [-0.2, 0) is 11.2 Å².